The SMILES string of the molecule is CNC(=O)COc1ccc(Oc2ccc([N+](=O)[O-])cc2)cc1. The summed E-state index contributed by atoms with van der Waals surface area (Å²) in [5, 5.41) is 13.0. The Balaban J connectivity index is 1.96. The number of nitrogens with zero attached hydrogens (tertiary/aromatic N) is 1. The summed E-state index contributed by atoms with van der Waals surface area (Å²) >= 11 is 0. The number of rotatable bonds is 6. The number of amides is 1. The molecule has 0 aliphatic heterocycles. The van der Waals surface area contributed by atoms with E-state index in [1.807, 2.05) is 0 Å². The van der Waals surface area contributed by atoms with Crippen molar-refractivity contribution < 1.29 is 19.2 Å². The zero-order valence-electron chi connectivity index (χ0n) is 11.8. The highest BCUT2D eigenvalue weighted by Crippen LogP contribution is 2.25. The van der Waals surface area contributed by atoms with E-state index in [1.54, 1.807) is 24.3 Å². The van der Waals surface area contributed by atoms with Gasteiger partial charge in [-0.1, -0.05) is 0 Å². The van der Waals surface area contributed by atoms with Crippen molar-refractivity contribution in [3.05, 3.63) is 58.6 Å². The predicted molar refractivity (Wildman–Crippen MR) is 79.2 cm³/mol. The van der Waals surface area contributed by atoms with Crippen LogP contribution in [0.1, 0.15) is 0 Å². The van der Waals surface area contributed by atoms with Gasteiger partial charge in [-0.25, -0.2) is 0 Å². The molecule has 0 unspecified atom stereocenters. The molecule has 0 saturated heterocycles. The Morgan fingerprint density at radius 3 is 2.05 bits per heavy atom. The average molecular weight is 302 g/mol. The van der Waals surface area contributed by atoms with E-state index in [-0.39, 0.29) is 18.2 Å². The van der Waals surface area contributed by atoms with Gasteiger partial charge in [-0.15, -0.1) is 0 Å². The summed E-state index contributed by atoms with van der Waals surface area (Å²) in [5.41, 5.74) is 0.00491. The Morgan fingerprint density at radius 2 is 1.55 bits per heavy atom. The molecule has 7 heteroatoms. The fourth-order valence-electron chi connectivity index (χ4n) is 1.60. The molecule has 1 N–H and O–H groups in total. The molecule has 0 atom stereocenters. The van der Waals surface area contributed by atoms with Crippen molar-refractivity contribution in [2.75, 3.05) is 13.7 Å². The summed E-state index contributed by atoms with van der Waals surface area (Å²) in [7, 11) is 1.53. The standard InChI is InChI=1S/C15H14N2O5/c1-16-15(18)10-21-12-6-8-14(9-7-12)22-13-4-2-11(3-5-13)17(19)20/h2-9H,10H2,1H3,(H,16,18). The number of likely N-dealkylation sites (N-methyl/N-ethyl adjacent to an activating group) is 1. The first kappa shape index (κ1) is 15.3. The van der Waals surface area contributed by atoms with E-state index >= 15 is 0 Å². The average Bonchev–Trinajstić information content (AvgIpc) is 2.54. The van der Waals surface area contributed by atoms with Crippen molar-refractivity contribution in [3.8, 4) is 17.2 Å². The van der Waals surface area contributed by atoms with Crippen LogP contribution in [0.3, 0.4) is 0 Å². The molecule has 1 amide bonds. The number of carbonyl (C=O) groups excluding carboxylic acids is 1. The number of hydrogen-bond acceptors (Lipinski definition) is 5. The van der Waals surface area contributed by atoms with Gasteiger partial charge in [-0.2, -0.15) is 0 Å². The van der Waals surface area contributed by atoms with Gasteiger partial charge in [0, 0.05) is 19.2 Å². The third-order valence-corrected chi connectivity index (χ3v) is 2.76. The van der Waals surface area contributed by atoms with Gasteiger partial charge in [-0.05, 0) is 36.4 Å². The third kappa shape index (κ3) is 4.20. The number of non-ortho nitro benzene ring substituents is 1. The number of nitro benzene ring substituents is 1. The van der Waals surface area contributed by atoms with Crippen LogP contribution in [0, 0.1) is 10.1 Å². The summed E-state index contributed by atoms with van der Waals surface area (Å²) in [6.07, 6.45) is 0. The smallest absolute Gasteiger partial charge is 0.269 e. The molecular formula is C15H14N2O5. The van der Waals surface area contributed by atoms with Crippen molar-refractivity contribution in [2.24, 2.45) is 0 Å². The second kappa shape index (κ2) is 7.07. The number of hydrogen-bond donors (Lipinski definition) is 1. The molecule has 2 aromatic rings. The molecule has 0 heterocycles. The van der Waals surface area contributed by atoms with Gasteiger partial charge in [0.1, 0.15) is 17.2 Å². The van der Waals surface area contributed by atoms with Crippen LogP contribution in [-0.2, 0) is 4.79 Å². The van der Waals surface area contributed by atoms with Crippen molar-refractivity contribution in [1.29, 1.82) is 0 Å². The molecule has 0 aliphatic carbocycles. The largest absolute Gasteiger partial charge is 0.484 e. The lowest BCUT2D eigenvalue weighted by Gasteiger charge is -2.08. The van der Waals surface area contributed by atoms with E-state index in [9.17, 15) is 14.9 Å². The number of nitrogens with one attached hydrogen (secondary N) is 1. The molecule has 7 nitrogen and oxygen atoms in total. The fraction of sp³-hybridized carbons (Fsp3) is 0.133. The summed E-state index contributed by atoms with van der Waals surface area (Å²) in [6, 6.07) is 12.5. The molecule has 0 aromatic heterocycles. The van der Waals surface area contributed by atoms with Crippen molar-refractivity contribution in [1.82, 2.24) is 5.32 Å². The maximum Gasteiger partial charge on any atom is 0.269 e. The Bertz CT molecular complexity index is 653. The monoisotopic (exact) mass is 302 g/mol. The van der Waals surface area contributed by atoms with E-state index in [2.05, 4.69) is 5.32 Å². The highest BCUT2D eigenvalue weighted by Gasteiger charge is 2.05. The molecule has 0 radical (unpaired) electrons. The van der Waals surface area contributed by atoms with Gasteiger partial charge < -0.3 is 14.8 Å². The molecule has 2 aromatic carbocycles. The van der Waals surface area contributed by atoms with E-state index in [0.717, 1.165) is 0 Å². The minimum atomic E-state index is -0.470. The lowest BCUT2D eigenvalue weighted by atomic mass is 10.3. The van der Waals surface area contributed by atoms with E-state index in [0.29, 0.717) is 17.2 Å². The van der Waals surface area contributed by atoms with Gasteiger partial charge in [0.25, 0.3) is 11.6 Å². The van der Waals surface area contributed by atoms with Crippen LogP contribution < -0.4 is 14.8 Å². The first-order valence-electron chi connectivity index (χ1n) is 6.44. The van der Waals surface area contributed by atoms with Gasteiger partial charge in [0.15, 0.2) is 6.61 Å². The number of nitro groups is 1. The molecule has 0 saturated carbocycles. The van der Waals surface area contributed by atoms with Crippen molar-refractivity contribution in [3.63, 3.8) is 0 Å². The van der Waals surface area contributed by atoms with Gasteiger partial charge in [-0.3, -0.25) is 14.9 Å². The van der Waals surface area contributed by atoms with Gasteiger partial charge >= 0.3 is 0 Å². The summed E-state index contributed by atoms with van der Waals surface area (Å²) in [4.78, 5) is 21.2. The zero-order chi connectivity index (χ0) is 15.9. The Hall–Kier alpha value is -3.09. The first-order chi connectivity index (χ1) is 10.6. The Morgan fingerprint density at radius 1 is 1.05 bits per heavy atom. The number of carbonyl (C=O) groups is 1. The van der Waals surface area contributed by atoms with Crippen LogP contribution in [0.25, 0.3) is 0 Å². The molecule has 2 rings (SSSR count). The zero-order valence-corrected chi connectivity index (χ0v) is 11.8. The predicted octanol–water partition coefficient (Wildman–Crippen LogP) is 2.51. The van der Waals surface area contributed by atoms with Crippen LogP contribution in [0.2, 0.25) is 0 Å². The minimum absolute atomic E-state index is 0.00491. The second-order valence-corrected chi connectivity index (χ2v) is 4.29. The van der Waals surface area contributed by atoms with Crippen LogP contribution >= 0.6 is 0 Å². The van der Waals surface area contributed by atoms with Crippen LogP contribution in [0.5, 0.6) is 17.2 Å². The minimum Gasteiger partial charge on any atom is -0.484 e. The normalized spacial score (nSPS) is 9.86. The Kier molecular flexibility index (Phi) is 4.92. The number of ether oxygens (including phenoxy) is 2. The molecule has 0 spiro atoms. The van der Waals surface area contributed by atoms with E-state index in [1.165, 1.54) is 31.3 Å². The number of benzene rings is 2. The molecule has 0 fully saturated rings. The lowest BCUT2D eigenvalue weighted by Crippen LogP contribution is -2.24. The van der Waals surface area contributed by atoms with Crippen LogP contribution in [-0.4, -0.2) is 24.5 Å². The highest BCUT2D eigenvalue weighted by molar-refractivity contribution is 5.77. The molecular weight excluding hydrogens is 288 g/mol. The quantitative estimate of drug-likeness (QED) is 0.654. The first-order valence-corrected chi connectivity index (χ1v) is 6.44. The summed E-state index contributed by atoms with van der Waals surface area (Å²) in [5.74, 6) is 1.37. The maximum atomic E-state index is 11.1. The molecule has 114 valence electrons. The van der Waals surface area contributed by atoms with Gasteiger partial charge in [0.2, 0.25) is 0 Å². The van der Waals surface area contributed by atoms with Crippen LogP contribution in [0.4, 0.5) is 5.69 Å². The highest BCUT2D eigenvalue weighted by atomic mass is 16.6. The molecule has 0 aliphatic rings. The second-order valence-electron chi connectivity index (χ2n) is 4.29. The Labute approximate surface area is 126 Å². The van der Waals surface area contributed by atoms with E-state index in [4.69, 9.17) is 9.47 Å². The van der Waals surface area contributed by atoms with E-state index < -0.39 is 4.92 Å². The maximum absolute atomic E-state index is 11.1. The van der Waals surface area contributed by atoms with Crippen LogP contribution in [0.15, 0.2) is 48.5 Å². The third-order valence-electron chi connectivity index (χ3n) is 2.76. The van der Waals surface area contributed by atoms with Crippen molar-refractivity contribution >= 4 is 11.6 Å². The molecule has 0 bridgehead atoms. The lowest BCUT2D eigenvalue weighted by molar-refractivity contribution is -0.384. The summed E-state index contributed by atoms with van der Waals surface area (Å²) in [6.45, 7) is -0.0565. The summed E-state index contributed by atoms with van der Waals surface area (Å²) < 4.78 is 10.8. The van der Waals surface area contributed by atoms with Crippen molar-refractivity contribution in [2.45, 2.75) is 0 Å². The fourth-order valence-corrected chi connectivity index (χ4v) is 1.60. The van der Waals surface area contributed by atoms with Gasteiger partial charge in [0.05, 0.1) is 4.92 Å². The topological polar surface area (TPSA) is 90.7 Å². The molecule has 22 heavy (non-hydrogen) atoms.